The summed E-state index contributed by atoms with van der Waals surface area (Å²) in [5.74, 6) is 0.0709. The Morgan fingerprint density at radius 3 is 2.39 bits per heavy atom. The smallest absolute Gasteiger partial charge is 0.407 e. The van der Waals surface area contributed by atoms with Crippen LogP contribution in [-0.2, 0) is 21.5 Å². The molecule has 4 heterocycles. The fraction of sp³-hybridized carbons (Fsp3) is 0.500. The third-order valence-electron chi connectivity index (χ3n) is 11.6. The maximum atomic E-state index is 14.1. The SMILES string of the molecule is CCN(CC(C)(C)C1CCN(C(=O)O)CC1)c1cc(-c2ccc3c(c2)NC(=O)C32CCOCC2)cc(C(=O)NCc2c(C)cc(C)[nH]c2=O)c1C. The number of rotatable bonds is 9. The van der Waals surface area contributed by atoms with Gasteiger partial charge in [0.2, 0.25) is 5.91 Å². The Morgan fingerprint density at radius 1 is 1.04 bits per heavy atom. The minimum Gasteiger partial charge on any atom is -0.465 e. The fourth-order valence-electron chi connectivity index (χ4n) is 8.46. The number of pyridine rings is 1. The Balaban J connectivity index is 1.36. The van der Waals surface area contributed by atoms with Crippen molar-refractivity contribution in [2.75, 3.05) is 49.6 Å². The van der Waals surface area contributed by atoms with Crippen LogP contribution in [0.15, 0.2) is 41.2 Å². The van der Waals surface area contributed by atoms with Crippen molar-refractivity contribution in [2.45, 2.75) is 79.2 Å². The van der Waals surface area contributed by atoms with Crippen LogP contribution in [-0.4, -0.2) is 72.3 Å². The van der Waals surface area contributed by atoms with E-state index in [1.165, 1.54) is 4.90 Å². The third kappa shape index (κ3) is 7.00. The molecule has 0 saturated carbocycles. The van der Waals surface area contributed by atoms with Gasteiger partial charge in [-0.1, -0.05) is 26.0 Å². The number of benzene rings is 2. The van der Waals surface area contributed by atoms with Gasteiger partial charge in [0.25, 0.3) is 11.5 Å². The molecule has 0 radical (unpaired) electrons. The molecule has 11 nitrogen and oxygen atoms in total. The number of ether oxygens (including phenoxy) is 1. The maximum Gasteiger partial charge on any atom is 0.407 e. The van der Waals surface area contributed by atoms with Gasteiger partial charge in [0, 0.05) is 74.1 Å². The number of hydrogen-bond acceptors (Lipinski definition) is 6. The van der Waals surface area contributed by atoms with Crippen LogP contribution in [0.5, 0.6) is 0 Å². The summed E-state index contributed by atoms with van der Waals surface area (Å²) >= 11 is 0. The molecule has 2 saturated heterocycles. The summed E-state index contributed by atoms with van der Waals surface area (Å²) in [4.78, 5) is 58.4. The molecule has 3 aliphatic rings. The Hall–Kier alpha value is -4.64. The minimum atomic E-state index is -0.865. The van der Waals surface area contributed by atoms with Gasteiger partial charge in [-0.2, -0.15) is 0 Å². The van der Waals surface area contributed by atoms with Gasteiger partial charge < -0.3 is 35.3 Å². The van der Waals surface area contributed by atoms with Gasteiger partial charge >= 0.3 is 6.09 Å². The predicted octanol–water partition coefficient (Wildman–Crippen LogP) is 6.14. The largest absolute Gasteiger partial charge is 0.465 e. The summed E-state index contributed by atoms with van der Waals surface area (Å²) in [7, 11) is 0. The second kappa shape index (κ2) is 14.2. The summed E-state index contributed by atoms with van der Waals surface area (Å²) in [5.41, 5.74) is 6.99. The Kier molecular flexibility index (Phi) is 10.0. The summed E-state index contributed by atoms with van der Waals surface area (Å²) in [5, 5.41) is 15.7. The number of nitrogens with zero attached hydrogens (tertiary/aromatic N) is 2. The highest BCUT2D eigenvalue weighted by Gasteiger charge is 2.47. The number of carbonyl (C=O) groups excluding carboxylic acids is 2. The van der Waals surface area contributed by atoms with E-state index in [1.807, 2.05) is 51.1 Å². The van der Waals surface area contributed by atoms with Crippen LogP contribution >= 0.6 is 0 Å². The monoisotopic (exact) mass is 697 g/mol. The number of aryl methyl sites for hydroxylation is 2. The molecule has 3 aromatic rings. The fourth-order valence-corrected chi connectivity index (χ4v) is 8.46. The van der Waals surface area contributed by atoms with Gasteiger partial charge in [-0.3, -0.25) is 14.4 Å². The topological polar surface area (TPSA) is 144 Å². The molecule has 0 unspecified atom stereocenters. The number of fused-ring (bicyclic) bond motifs is 2. The van der Waals surface area contributed by atoms with E-state index in [2.05, 4.69) is 47.4 Å². The van der Waals surface area contributed by atoms with E-state index in [-0.39, 0.29) is 29.3 Å². The molecule has 1 spiro atoms. The Bertz CT molecular complexity index is 1900. The molecule has 272 valence electrons. The lowest BCUT2D eigenvalue weighted by molar-refractivity contribution is -0.124. The van der Waals surface area contributed by atoms with Crippen molar-refractivity contribution in [3.8, 4) is 11.1 Å². The van der Waals surface area contributed by atoms with Crippen LogP contribution in [0.3, 0.4) is 0 Å². The quantitative estimate of drug-likeness (QED) is 0.210. The normalized spacial score (nSPS) is 17.3. The number of carbonyl (C=O) groups is 3. The molecule has 0 atom stereocenters. The van der Waals surface area contributed by atoms with Crippen LogP contribution in [0.1, 0.15) is 84.8 Å². The highest BCUT2D eigenvalue weighted by Crippen LogP contribution is 2.46. The minimum absolute atomic E-state index is 0.0116. The molecule has 4 N–H and O–H groups in total. The lowest BCUT2D eigenvalue weighted by Gasteiger charge is -2.43. The van der Waals surface area contributed by atoms with Crippen molar-refractivity contribution in [3.63, 3.8) is 0 Å². The molecular weight excluding hydrogens is 646 g/mol. The first-order valence-electron chi connectivity index (χ1n) is 18.1. The number of hydrogen-bond donors (Lipinski definition) is 4. The predicted molar refractivity (Wildman–Crippen MR) is 199 cm³/mol. The van der Waals surface area contributed by atoms with Gasteiger partial charge in [-0.15, -0.1) is 0 Å². The van der Waals surface area contributed by atoms with Gasteiger partial charge in [-0.05, 0) is 117 Å². The first-order chi connectivity index (χ1) is 24.2. The van der Waals surface area contributed by atoms with Crippen LogP contribution in [0.25, 0.3) is 11.1 Å². The number of amides is 3. The molecule has 0 aliphatic carbocycles. The summed E-state index contributed by atoms with van der Waals surface area (Å²) < 4.78 is 5.59. The molecule has 2 aromatic carbocycles. The Morgan fingerprint density at radius 2 is 1.75 bits per heavy atom. The molecule has 11 heteroatoms. The van der Waals surface area contributed by atoms with Gasteiger partial charge in [0.05, 0.1) is 5.41 Å². The van der Waals surface area contributed by atoms with Gasteiger partial charge in [0.1, 0.15) is 0 Å². The number of nitrogens with one attached hydrogen (secondary N) is 3. The molecule has 0 bridgehead atoms. The van der Waals surface area contributed by atoms with Gasteiger partial charge in [0.15, 0.2) is 0 Å². The summed E-state index contributed by atoms with van der Waals surface area (Å²) in [6, 6.07) is 12.0. The number of piperidine rings is 1. The number of carboxylic acid groups (broad SMARTS) is 1. The second-order valence-electron chi connectivity index (χ2n) is 15.2. The third-order valence-corrected chi connectivity index (χ3v) is 11.6. The lowest BCUT2D eigenvalue weighted by atomic mass is 9.73. The number of H-pyrrole nitrogens is 1. The number of aromatic nitrogens is 1. The van der Waals surface area contributed by atoms with Crippen LogP contribution in [0, 0.1) is 32.1 Å². The molecular formula is C40H51N5O6. The Labute approximate surface area is 299 Å². The van der Waals surface area contributed by atoms with E-state index in [0.717, 1.165) is 64.3 Å². The zero-order chi connectivity index (χ0) is 36.7. The van der Waals surface area contributed by atoms with Crippen LogP contribution in [0.2, 0.25) is 0 Å². The van der Waals surface area contributed by atoms with E-state index >= 15 is 0 Å². The zero-order valence-electron chi connectivity index (χ0n) is 30.7. The van der Waals surface area contributed by atoms with Crippen molar-refractivity contribution in [1.82, 2.24) is 15.2 Å². The summed E-state index contributed by atoms with van der Waals surface area (Å²) in [6.07, 6.45) is 2.02. The number of aromatic amines is 1. The first-order valence-corrected chi connectivity index (χ1v) is 18.1. The number of anilines is 2. The molecule has 1 aromatic heterocycles. The summed E-state index contributed by atoms with van der Waals surface area (Å²) in [6.45, 7) is 15.9. The molecule has 3 amide bonds. The number of likely N-dealkylation sites (tertiary alicyclic amines) is 1. The van der Waals surface area contributed by atoms with E-state index in [1.54, 1.807) is 0 Å². The molecule has 3 aliphatic heterocycles. The highest BCUT2D eigenvalue weighted by atomic mass is 16.5. The van der Waals surface area contributed by atoms with Crippen LogP contribution < -0.4 is 21.1 Å². The molecule has 6 rings (SSSR count). The van der Waals surface area contributed by atoms with Gasteiger partial charge in [-0.25, -0.2) is 4.79 Å². The first kappa shape index (κ1) is 36.2. The standard InChI is InChI=1S/C40H51N5O6/c1-7-44(23-39(5,6)29-10-14-45(15-11-29)38(49)50)34-21-28(27-8-9-32-33(20-27)43-37(48)40(32)12-16-51-17-13-40)19-30(26(34)4)35(46)41-22-31-24(2)18-25(3)42-36(31)47/h8-9,18-21,29H,7,10-17,22-23H2,1-6H3,(H,41,46)(H,42,47)(H,43,48)(H,49,50). The van der Waals surface area contributed by atoms with E-state index < -0.39 is 11.5 Å². The van der Waals surface area contributed by atoms with Crippen molar-refractivity contribution >= 4 is 29.3 Å². The maximum absolute atomic E-state index is 14.1. The van der Waals surface area contributed by atoms with Crippen molar-refractivity contribution in [3.05, 3.63) is 80.3 Å². The van der Waals surface area contributed by atoms with E-state index in [0.29, 0.717) is 62.7 Å². The second-order valence-corrected chi connectivity index (χ2v) is 15.2. The van der Waals surface area contributed by atoms with E-state index in [4.69, 9.17) is 4.74 Å². The van der Waals surface area contributed by atoms with Crippen molar-refractivity contribution in [1.29, 1.82) is 0 Å². The molecule has 2 fully saturated rings. The van der Waals surface area contributed by atoms with E-state index in [9.17, 15) is 24.3 Å². The lowest BCUT2D eigenvalue weighted by Crippen LogP contribution is -2.45. The average Bonchev–Trinajstić information content (AvgIpc) is 3.36. The van der Waals surface area contributed by atoms with Crippen LogP contribution in [0.4, 0.5) is 16.2 Å². The average molecular weight is 698 g/mol. The van der Waals surface area contributed by atoms with Crippen molar-refractivity contribution in [2.24, 2.45) is 11.3 Å². The molecule has 51 heavy (non-hydrogen) atoms. The zero-order valence-corrected chi connectivity index (χ0v) is 30.7. The van der Waals surface area contributed by atoms with Crippen molar-refractivity contribution < 1.29 is 24.2 Å². The highest BCUT2D eigenvalue weighted by molar-refractivity contribution is 6.07.